The Balaban J connectivity index is 3.20. The van der Waals surface area contributed by atoms with Gasteiger partial charge in [0.05, 0.1) is 4.90 Å². The van der Waals surface area contributed by atoms with Crippen molar-refractivity contribution in [2.75, 3.05) is 6.54 Å². The van der Waals surface area contributed by atoms with Crippen molar-refractivity contribution >= 4 is 16.3 Å². The van der Waals surface area contributed by atoms with Crippen molar-refractivity contribution in [1.82, 2.24) is 4.31 Å². The molecule has 0 saturated carbocycles. The van der Waals surface area contributed by atoms with Crippen molar-refractivity contribution in [2.45, 2.75) is 18.7 Å². The van der Waals surface area contributed by atoms with Crippen LogP contribution in [0.3, 0.4) is 0 Å². The zero-order valence-electron chi connectivity index (χ0n) is 9.88. The van der Waals surface area contributed by atoms with E-state index in [1.165, 1.54) is 28.6 Å². The molecule has 0 fully saturated rings. The second-order valence-electron chi connectivity index (χ2n) is 3.59. The maximum atomic E-state index is 12.2. The van der Waals surface area contributed by atoms with Crippen molar-refractivity contribution in [1.29, 1.82) is 0 Å². The van der Waals surface area contributed by atoms with Gasteiger partial charge >= 0.3 is 0 Å². The van der Waals surface area contributed by atoms with Gasteiger partial charge in [0, 0.05) is 17.8 Å². The average molecular weight is 253 g/mol. The highest BCUT2D eigenvalue weighted by atomic mass is 32.2. The Morgan fingerprint density at radius 2 is 1.88 bits per heavy atom. The highest BCUT2D eigenvalue weighted by Gasteiger charge is 2.22. The van der Waals surface area contributed by atoms with Gasteiger partial charge in [0.2, 0.25) is 0 Å². The van der Waals surface area contributed by atoms with E-state index in [1.54, 1.807) is 13.8 Å². The number of aldehydes is 1. The molecule has 1 aromatic rings. The molecule has 5 heteroatoms. The minimum atomic E-state index is -3.56. The molecule has 0 aromatic heterocycles. The van der Waals surface area contributed by atoms with Crippen molar-refractivity contribution in [3.63, 3.8) is 0 Å². The summed E-state index contributed by atoms with van der Waals surface area (Å²) in [5, 5.41) is 0. The molecule has 0 unspecified atom stereocenters. The van der Waals surface area contributed by atoms with Crippen LogP contribution in [0, 0.1) is 0 Å². The minimum absolute atomic E-state index is 0.160. The molecule has 0 spiro atoms. The zero-order valence-corrected chi connectivity index (χ0v) is 10.7. The lowest BCUT2D eigenvalue weighted by Crippen LogP contribution is -2.28. The van der Waals surface area contributed by atoms with Crippen LogP contribution in [0.1, 0.15) is 24.2 Å². The number of carbonyl (C=O) groups is 1. The van der Waals surface area contributed by atoms with E-state index >= 15 is 0 Å². The zero-order chi connectivity index (χ0) is 13.1. The van der Waals surface area contributed by atoms with Crippen LogP contribution in [0.4, 0.5) is 0 Å². The molecule has 1 aromatic carbocycles. The summed E-state index contributed by atoms with van der Waals surface area (Å²) in [6, 6.07) is 5.80. The first kappa shape index (κ1) is 13.4. The monoisotopic (exact) mass is 253 g/mol. The molecule has 92 valence electrons. The molecule has 0 atom stereocenters. The normalized spacial score (nSPS) is 10.9. The summed E-state index contributed by atoms with van der Waals surface area (Å²) < 4.78 is 25.6. The molecule has 0 aliphatic rings. The molecule has 4 nitrogen and oxygen atoms in total. The van der Waals surface area contributed by atoms with Crippen LogP contribution in [0.15, 0.2) is 41.4 Å². The number of hydrogen-bond acceptors (Lipinski definition) is 3. The van der Waals surface area contributed by atoms with Crippen LogP contribution in [0.2, 0.25) is 0 Å². The summed E-state index contributed by atoms with van der Waals surface area (Å²) in [7, 11) is -3.56. The molecule has 0 amide bonds. The van der Waals surface area contributed by atoms with Gasteiger partial charge in [-0.05, 0) is 26.0 Å². The molecule has 0 aliphatic heterocycles. The molecule has 17 heavy (non-hydrogen) atoms. The van der Waals surface area contributed by atoms with Crippen molar-refractivity contribution in [2.24, 2.45) is 0 Å². The van der Waals surface area contributed by atoms with Crippen molar-refractivity contribution < 1.29 is 13.2 Å². The van der Waals surface area contributed by atoms with E-state index in [9.17, 15) is 13.2 Å². The number of nitrogens with zero attached hydrogens (tertiary/aromatic N) is 1. The van der Waals surface area contributed by atoms with Crippen LogP contribution in [0.5, 0.6) is 0 Å². The second-order valence-corrected chi connectivity index (χ2v) is 5.45. The Labute approximate surface area is 102 Å². The quantitative estimate of drug-likeness (QED) is 0.755. The smallest absolute Gasteiger partial charge is 0.264 e. The van der Waals surface area contributed by atoms with Crippen LogP contribution in [-0.2, 0) is 10.0 Å². The third-order valence-corrected chi connectivity index (χ3v) is 4.34. The predicted octanol–water partition coefficient (Wildman–Crippen LogP) is 2.04. The Hall–Kier alpha value is -1.62. The molecule has 0 bridgehead atoms. The molecule has 0 saturated heterocycles. The van der Waals surface area contributed by atoms with Crippen LogP contribution in [0.25, 0.3) is 0 Å². The van der Waals surface area contributed by atoms with Gasteiger partial charge in [-0.1, -0.05) is 18.7 Å². The fourth-order valence-electron chi connectivity index (χ4n) is 1.49. The Bertz CT molecular complexity index is 517. The molecule has 0 N–H and O–H groups in total. The lowest BCUT2D eigenvalue weighted by Gasteiger charge is -2.22. The SMILES string of the molecule is C=C(C)N(CC)S(=O)(=O)c1ccc(C=O)cc1. The summed E-state index contributed by atoms with van der Waals surface area (Å²) in [6.45, 7) is 7.35. The number of hydrogen-bond donors (Lipinski definition) is 0. The molecule has 0 radical (unpaired) electrons. The molecule has 0 aliphatic carbocycles. The van der Waals surface area contributed by atoms with Gasteiger partial charge in [-0.25, -0.2) is 8.42 Å². The number of rotatable bonds is 5. The Morgan fingerprint density at radius 1 is 1.35 bits per heavy atom. The van der Waals surface area contributed by atoms with Gasteiger partial charge in [0.25, 0.3) is 10.0 Å². The molecular weight excluding hydrogens is 238 g/mol. The standard InChI is InChI=1S/C12H15NO3S/c1-4-13(10(2)3)17(15,16)12-7-5-11(9-14)6-8-12/h5-9H,2,4H2,1,3H3. The number of carbonyl (C=O) groups excluding carboxylic acids is 1. The highest BCUT2D eigenvalue weighted by Crippen LogP contribution is 2.19. The average Bonchev–Trinajstić information content (AvgIpc) is 2.29. The third-order valence-electron chi connectivity index (χ3n) is 2.32. The first-order chi connectivity index (χ1) is 7.93. The van der Waals surface area contributed by atoms with Crippen LogP contribution < -0.4 is 0 Å². The van der Waals surface area contributed by atoms with Crippen LogP contribution >= 0.6 is 0 Å². The van der Waals surface area contributed by atoms with Gasteiger partial charge in [-0.3, -0.25) is 9.10 Å². The van der Waals surface area contributed by atoms with E-state index < -0.39 is 10.0 Å². The molecule has 0 heterocycles. The van der Waals surface area contributed by atoms with E-state index in [0.29, 0.717) is 24.1 Å². The maximum absolute atomic E-state index is 12.2. The third kappa shape index (κ3) is 2.74. The van der Waals surface area contributed by atoms with E-state index in [4.69, 9.17) is 0 Å². The van der Waals surface area contributed by atoms with Crippen molar-refractivity contribution in [3.8, 4) is 0 Å². The predicted molar refractivity (Wildman–Crippen MR) is 66.2 cm³/mol. The maximum Gasteiger partial charge on any atom is 0.264 e. The Morgan fingerprint density at radius 3 is 2.24 bits per heavy atom. The number of sulfonamides is 1. The summed E-state index contributed by atoms with van der Waals surface area (Å²) in [6.07, 6.45) is 0.673. The number of benzene rings is 1. The van der Waals surface area contributed by atoms with Gasteiger partial charge < -0.3 is 0 Å². The summed E-state index contributed by atoms with van der Waals surface area (Å²) in [5.41, 5.74) is 0.911. The summed E-state index contributed by atoms with van der Waals surface area (Å²) in [4.78, 5) is 10.7. The van der Waals surface area contributed by atoms with E-state index in [2.05, 4.69) is 6.58 Å². The summed E-state index contributed by atoms with van der Waals surface area (Å²) >= 11 is 0. The largest absolute Gasteiger partial charge is 0.298 e. The van der Waals surface area contributed by atoms with E-state index in [1.807, 2.05) is 0 Å². The summed E-state index contributed by atoms with van der Waals surface area (Å²) in [5.74, 6) is 0. The van der Waals surface area contributed by atoms with E-state index in [-0.39, 0.29) is 4.90 Å². The highest BCUT2D eigenvalue weighted by molar-refractivity contribution is 7.89. The fourth-order valence-corrected chi connectivity index (χ4v) is 2.98. The first-order valence-electron chi connectivity index (χ1n) is 5.17. The second kappa shape index (κ2) is 5.14. The van der Waals surface area contributed by atoms with Crippen LogP contribution in [-0.4, -0.2) is 25.6 Å². The first-order valence-corrected chi connectivity index (χ1v) is 6.61. The lowest BCUT2D eigenvalue weighted by atomic mass is 10.2. The topological polar surface area (TPSA) is 54.5 Å². The van der Waals surface area contributed by atoms with Crippen molar-refractivity contribution in [3.05, 3.63) is 42.1 Å². The lowest BCUT2D eigenvalue weighted by molar-refractivity contribution is 0.112. The van der Waals surface area contributed by atoms with E-state index in [0.717, 1.165) is 0 Å². The molecular formula is C12H15NO3S. The van der Waals surface area contributed by atoms with Gasteiger partial charge in [-0.15, -0.1) is 0 Å². The van der Waals surface area contributed by atoms with Gasteiger partial charge in [-0.2, -0.15) is 0 Å². The Kier molecular flexibility index (Phi) is 4.07. The fraction of sp³-hybridized carbons (Fsp3) is 0.250. The van der Waals surface area contributed by atoms with Gasteiger partial charge in [0.1, 0.15) is 6.29 Å². The number of allylic oxidation sites excluding steroid dienone is 1. The minimum Gasteiger partial charge on any atom is -0.298 e. The van der Waals surface area contributed by atoms with Gasteiger partial charge in [0.15, 0.2) is 0 Å². The molecule has 1 rings (SSSR count).